The Hall–Kier alpha value is -2.15. The van der Waals surface area contributed by atoms with Crippen molar-refractivity contribution in [2.24, 2.45) is 0 Å². The number of amides is 2. The van der Waals surface area contributed by atoms with Crippen molar-refractivity contribution in [3.05, 3.63) is 42.0 Å². The Morgan fingerprint density at radius 2 is 2.32 bits per heavy atom. The predicted octanol–water partition coefficient (Wildman–Crippen LogP) is 1.55. The Morgan fingerprint density at radius 3 is 3.05 bits per heavy atom. The normalized spacial score (nSPS) is 14.0. The van der Waals surface area contributed by atoms with Crippen LogP contribution in [-0.4, -0.2) is 50.0 Å². The Labute approximate surface area is 132 Å². The second-order valence-corrected chi connectivity index (χ2v) is 5.97. The van der Waals surface area contributed by atoms with Gasteiger partial charge in [-0.05, 0) is 18.4 Å². The molecule has 2 aromatic rings. The van der Waals surface area contributed by atoms with E-state index < -0.39 is 0 Å². The quantitative estimate of drug-likeness (QED) is 0.856. The summed E-state index contributed by atoms with van der Waals surface area (Å²) in [6, 6.07) is 3.69. The molecule has 1 aliphatic rings. The Balaban J connectivity index is 1.84. The molecule has 0 aromatic carbocycles. The molecule has 0 N–H and O–H groups in total. The number of pyridine rings is 1. The summed E-state index contributed by atoms with van der Waals surface area (Å²) in [5, 5.41) is 4.44. The Morgan fingerprint density at radius 1 is 1.45 bits per heavy atom. The molecule has 1 aliphatic heterocycles. The van der Waals surface area contributed by atoms with Crippen molar-refractivity contribution in [1.29, 1.82) is 0 Å². The molecule has 114 valence electrons. The standard InChI is InChI=1S/C15H16N4O2S/c1-22-8-5-14(20)18-7-4-13-12(15(18)21)10-19(17-13)11-3-2-6-16-9-11/h2-3,6,9-10H,4-5,7-8H2,1H3. The van der Waals surface area contributed by atoms with Gasteiger partial charge in [0.25, 0.3) is 5.91 Å². The number of carbonyl (C=O) groups is 2. The fourth-order valence-electron chi connectivity index (χ4n) is 2.42. The van der Waals surface area contributed by atoms with Crippen LogP contribution in [0.4, 0.5) is 0 Å². The summed E-state index contributed by atoms with van der Waals surface area (Å²) >= 11 is 1.60. The monoisotopic (exact) mass is 316 g/mol. The van der Waals surface area contributed by atoms with Gasteiger partial charge in [0.15, 0.2) is 0 Å². The minimum Gasteiger partial charge on any atom is -0.278 e. The zero-order valence-corrected chi connectivity index (χ0v) is 13.0. The molecular formula is C15H16N4O2S. The van der Waals surface area contributed by atoms with Crippen LogP contribution in [0, 0.1) is 0 Å². The molecule has 0 bridgehead atoms. The third-order valence-corrected chi connectivity index (χ3v) is 4.18. The van der Waals surface area contributed by atoms with Gasteiger partial charge in [-0.1, -0.05) is 0 Å². The van der Waals surface area contributed by atoms with Gasteiger partial charge in [-0.15, -0.1) is 0 Å². The maximum absolute atomic E-state index is 12.5. The number of hydrogen-bond donors (Lipinski definition) is 0. The van der Waals surface area contributed by atoms with Gasteiger partial charge in [0.05, 0.1) is 23.1 Å². The van der Waals surface area contributed by atoms with Crippen LogP contribution in [-0.2, 0) is 11.2 Å². The molecule has 2 aromatic heterocycles. The lowest BCUT2D eigenvalue weighted by Crippen LogP contribution is -2.41. The van der Waals surface area contributed by atoms with E-state index in [0.29, 0.717) is 24.9 Å². The van der Waals surface area contributed by atoms with Crippen molar-refractivity contribution in [2.75, 3.05) is 18.6 Å². The average molecular weight is 316 g/mol. The molecule has 0 saturated heterocycles. The number of aromatic nitrogens is 3. The molecule has 3 heterocycles. The maximum atomic E-state index is 12.5. The van der Waals surface area contributed by atoms with Crippen molar-refractivity contribution >= 4 is 23.6 Å². The molecule has 7 heteroatoms. The van der Waals surface area contributed by atoms with E-state index in [-0.39, 0.29) is 11.8 Å². The minimum atomic E-state index is -0.248. The van der Waals surface area contributed by atoms with E-state index in [4.69, 9.17) is 0 Å². The van der Waals surface area contributed by atoms with E-state index >= 15 is 0 Å². The zero-order valence-electron chi connectivity index (χ0n) is 12.2. The van der Waals surface area contributed by atoms with E-state index in [2.05, 4.69) is 10.1 Å². The summed E-state index contributed by atoms with van der Waals surface area (Å²) in [6.07, 6.45) is 7.98. The van der Waals surface area contributed by atoms with Gasteiger partial charge in [-0.25, -0.2) is 4.68 Å². The molecule has 0 spiro atoms. The first-order valence-corrected chi connectivity index (χ1v) is 8.42. The van der Waals surface area contributed by atoms with Crippen LogP contribution in [0.5, 0.6) is 0 Å². The summed E-state index contributed by atoms with van der Waals surface area (Å²) in [6.45, 7) is 0.406. The molecule has 0 saturated carbocycles. The van der Waals surface area contributed by atoms with Gasteiger partial charge in [0, 0.05) is 37.5 Å². The molecule has 2 amide bonds. The Kier molecular flexibility index (Phi) is 4.24. The first-order chi connectivity index (χ1) is 10.7. The van der Waals surface area contributed by atoms with Crippen molar-refractivity contribution in [3.63, 3.8) is 0 Å². The fraction of sp³-hybridized carbons (Fsp3) is 0.333. The smallest absolute Gasteiger partial charge is 0.263 e. The molecule has 0 fully saturated rings. The highest BCUT2D eigenvalue weighted by Crippen LogP contribution is 2.20. The molecule has 6 nitrogen and oxygen atoms in total. The van der Waals surface area contributed by atoms with Gasteiger partial charge < -0.3 is 0 Å². The van der Waals surface area contributed by atoms with E-state index in [1.54, 1.807) is 35.0 Å². The van der Waals surface area contributed by atoms with Crippen molar-refractivity contribution < 1.29 is 9.59 Å². The van der Waals surface area contributed by atoms with Crippen LogP contribution in [0.3, 0.4) is 0 Å². The van der Waals surface area contributed by atoms with Crippen LogP contribution in [0.25, 0.3) is 5.69 Å². The number of imide groups is 1. The number of rotatable bonds is 4. The van der Waals surface area contributed by atoms with Gasteiger partial charge >= 0.3 is 0 Å². The molecule has 0 atom stereocenters. The number of carbonyl (C=O) groups excluding carboxylic acids is 2. The molecule has 3 rings (SSSR count). The van der Waals surface area contributed by atoms with Gasteiger partial charge in [0.1, 0.15) is 0 Å². The number of thioether (sulfide) groups is 1. The highest BCUT2D eigenvalue weighted by atomic mass is 32.2. The first-order valence-electron chi connectivity index (χ1n) is 7.03. The number of fused-ring (bicyclic) bond motifs is 1. The summed E-state index contributed by atoms with van der Waals surface area (Å²) in [7, 11) is 0. The van der Waals surface area contributed by atoms with Crippen molar-refractivity contribution in [3.8, 4) is 5.69 Å². The molecule has 22 heavy (non-hydrogen) atoms. The van der Waals surface area contributed by atoms with Crippen LogP contribution in [0.1, 0.15) is 22.5 Å². The summed E-state index contributed by atoms with van der Waals surface area (Å²) in [4.78, 5) is 30.0. The number of nitrogens with zero attached hydrogens (tertiary/aromatic N) is 4. The van der Waals surface area contributed by atoms with Crippen LogP contribution < -0.4 is 0 Å². The van der Waals surface area contributed by atoms with Gasteiger partial charge in [-0.3, -0.25) is 19.5 Å². The van der Waals surface area contributed by atoms with E-state index in [0.717, 1.165) is 17.1 Å². The number of hydrogen-bond acceptors (Lipinski definition) is 5. The third kappa shape index (κ3) is 2.76. The average Bonchev–Trinajstić information content (AvgIpc) is 2.99. The Bertz CT molecular complexity index is 699. The van der Waals surface area contributed by atoms with Crippen LogP contribution in [0.2, 0.25) is 0 Å². The minimum absolute atomic E-state index is 0.112. The van der Waals surface area contributed by atoms with Crippen molar-refractivity contribution in [1.82, 2.24) is 19.7 Å². The van der Waals surface area contributed by atoms with Crippen LogP contribution >= 0.6 is 11.8 Å². The maximum Gasteiger partial charge on any atom is 0.263 e. The van der Waals surface area contributed by atoms with Gasteiger partial charge in [-0.2, -0.15) is 16.9 Å². The summed E-state index contributed by atoms with van der Waals surface area (Å²) in [5.41, 5.74) is 2.04. The lowest BCUT2D eigenvalue weighted by atomic mass is 10.1. The SMILES string of the molecule is CSCCC(=O)N1CCc2nn(-c3cccnc3)cc2C1=O. The molecule has 0 aliphatic carbocycles. The highest BCUT2D eigenvalue weighted by molar-refractivity contribution is 7.98. The molecular weight excluding hydrogens is 300 g/mol. The predicted molar refractivity (Wildman–Crippen MR) is 84.1 cm³/mol. The lowest BCUT2D eigenvalue weighted by Gasteiger charge is -2.24. The highest BCUT2D eigenvalue weighted by Gasteiger charge is 2.31. The van der Waals surface area contributed by atoms with Crippen LogP contribution in [0.15, 0.2) is 30.7 Å². The van der Waals surface area contributed by atoms with E-state index in [1.807, 2.05) is 18.4 Å². The largest absolute Gasteiger partial charge is 0.278 e. The van der Waals surface area contributed by atoms with E-state index in [1.165, 1.54) is 4.90 Å². The fourth-order valence-corrected chi connectivity index (χ4v) is 2.80. The van der Waals surface area contributed by atoms with Gasteiger partial charge in [0.2, 0.25) is 5.91 Å². The summed E-state index contributed by atoms with van der Waals surface area (Å²) in [5.74, 6) is 0.367. The molecule has 0 radical (unpaired) electrons. The second kappa shape index (κ2) is 6.31. The third-order valence-electron chi connectivity index (χ3n) is 3.57. The molecule has 0 unspecified atom stereocenters. The van der Waals surface area contributed by atoms with E-state index in [9.17, 15) is 9.59 Å². The first kappa shape index (κ1) is 14.8. The zero-order chi connectivity index (χ0) is 15.5. The summed E-state index contributed by atoms with van der Waals surface area (Å²) < 4.78 is 1.64. The second-order valence-electron chi connectivity index (χ2n) is 4.99. The lowest BCUT2D eigenvalue weighted by molar-refractivity contribution is -0.128. The van der Waals surface area contributed by atoms with Crippen molar-refractivity contribution in [2.45, 2.75) is 12.8 Å². The topological polar surface area (TPSA) is 68.1 Å².